The van der Waals surface area contributed by atoms with Crippen LogP contribution in [0.3, 0.4) is 0 Å². The standard InChI is InChI=1S/C18H30N6O2/c1-4-21-6-8-22(9-7-21)16-14-15(3)19-17(20-16)23-10-12-24(13-11-23)18(25)26-5-2/h14H,4-13H2,1-3H3. The van der Waals surface area contributed by atoms with Crippen LogP contribution in [0.15, 0.2) is 6.07 Å². The van der Waals surface area contributed by atoms with Crippen molar-refractivity contribution in [1.29, 1.82) is 0 Å². The summed E-state index contributed by atoms with van der Waals surface area (Å²) in [6, 6.07) is 2.07. The summed E-state index contributed by atoms with van der Waals surface area (Å²) in [6.07, 6.45) is -0.230. The predicted octanol–water partition coefficient (Wildman–Crippen LogP) is 1.21. The summed E-state index contributed by atoms with van der Waals surface area (Å²) in [7, 11) is 0. The van der Waals surface area contributed by atoms with Crippen LogP contribution in [0.4, 0.5) is 16.6 Å². The second kappa shape index (κ2) is 8.53. The maximum Gasteiger partial charge on any atom is 0.409 e. The number of aryl methyl sites for hydroxylation is 1. The van der Waals surface area contributed by atoms with Crippen LogP contribution >= 0.6 is 0 Å². The van der Waals surface area contributed by atoms with E-state index in [1.165, 1.54) is 0 Å². The van der Waals surface area contributed by atoms with E-state index in [2.05, 4.69) is 32.7 Å². The van der Waals surface area contributed by atoms with Gasteiger partial charge < -0.3 is 24.3 Å². The smallest absolute Gasteiger partial charge is 0.409 e. The fourth-order valence-electron chi connectivity index (χ4n) is 3.44. The van der Waals surface area contributed by atoms with Crippen molar-refractivity contribution in [3.8, 4) is 0 Å². The van der Waals surface area contributed by atoms with Crippen LogP contribution in [0.25, 0.3) is 0 Å². The van der Waals surface area contributed by atoms with Crippen LogP contribution in [0, 0.1) is 6.92 Å². The summed E-state index contributed by atoms with van der Waals surface area (Å²) in [5.74, 6) is 1.78. The Labute approximate surface area is 155 Å². The molecule has 3 heterocycles. The quantitative estimate of drug-likeness (QED) is 0.797. The minimum atomic E-state index is -0.230. The van der Waals surface area contributed by atoms with Crippen molar-refractivity contribution in [1.82, 2.24) is 19.8 Å². The van der Waals surface area contributed by atoms with E-state index in [-0.39, 0.29) is 6.09 Å². The second-order valence-corrected chi connectivity index (χ2v) is 6.76. The molecule has 8 heteroatoms. The Kier molecular flexibility index (Phi) is 6.13. The molecule has 1 amide bonds. The van der Waals surface area contributed by atoms with Gasteiger partial charge in [0.2, 0.25) is 5.95 Å². The summed E-state index contributed by atoms with van der Waals surface area (Å²) in [6.45, 7) is 14.5. The molecule has 0 N–H and O–H groups in total. The monoisotopic (exact) mass is 362 g/mol. The van der Waals surface area contributed by atoms with E-state index in [0.29, 0.717) is 19.7 Å². The third-order valence-electron chi connectivity index (χ3n) is 5.06. The molecule has 0 aliphatic carbocycles. The Morgan fingerprint density at radius 2 is 1.65 bits per heavy atom. The third-order valence-corrected chi connectivity index (χ3v) is 5.06. The molecule has 26 heavy (non-hydrogen) atoms. The molecule has 3 rings (SSSR count). The number of carbonyl (C=O) groups excluding carboxylic acids is 1. The van der Waals surface area contributed by atoms with Crippen LogP contribution in [-0.2, 0) is 4.74 Å². The van der Waals surface area contributed by atoms with Gasteiger partial charge in [-0.3, -0.25) is 0 Å². The molecule has 0 unspecified atom stereocenters. The molecule has 1 aromatic heterocycles. The van der Waals surface area contributed by atoms with Gasteiger partial charge >= 0.3 is 6.09 Å². The number of amides is 1. The van der Waals surface area contributed by atoms with E-state index in [1.807, 2.05) is 13.8 Å². The Balaban J connectivity index is 1.64. The summed E-state index contributed by atoms with van der Waals surface area (Å²) in [5.41, 5.74) is 0.982. The number of rotatable bonds is 4. The van der Waals surface area contributed by atoms with Gasteiger partial charge in [0, 0.05) is 64.1 Å². The Hall–Kier alpha value is -2.09. The number of piperazine rings is 2. The lowest BCUT2D eigenvalue weighted by atomic mass is 10.3. The topological polar surface area (TPSA) is 65.0 Å². The average molecular weight is 362 g/mol. The van der Waals surface area contributed by atoms with Gasteiger partial charge in [0.05, 0.1) is 6.61 Å². The van der Waals surface area contributed by atoms with Crippen molar-refractivity contribution in [3.05, 3.63) is 11.8 Å². The van der Waals surface area contributed by atoms with Gasteiger partial charge in [-0.2, -0.15) is 4.98 Å². The summed E-state index contributed by atoms with van der Waals surface area (Å²) < 4.78 is 5.08. The molecule has 0 radical (unpaired) electrons. The Bertz CT molecular complexity index is 610. The number of nitrogens with zero attached hydrogens (tertiary/aromatic N) is 6. The highest BCUT2D eigenvalue weighted by molar-refractivity contribution is 5.68. The van der Waals surface area contributed by atoms with Crippen LogP contribution in [-0.4, -0.2) is 91.4 Å². The Morgan fingerprint density at radius 3 is 2.27 bits per heavy atom. The van der Waals surface area contributed by atoms with Crippen molar-refractivity contribution in [3.63, 3.8) is 0 Å². The predicted molar refractivity (Wildman–Crippen MR) is 102 cm³/mol. The lowest BCUT2D eigenvalue weighted by Crippen LogP contribution is -2.49. The first-order valence-electron chi connectivity index (χ1n) is 9.60. The highest BCUT2D eigenvalue weighted by Crippen LogP contribution is 2.20. The van der Waals surface area contributed by atoms with E-state index in [0.717, 1.165) is 63.3 Å². The average Bonchev–Trinajstić information content (AvgIpc) is 2.68. The maximum atomic E-state index is 11.9. The zero-order chi connectivity index (χ0) is 18.5. The molecule has 2 saturated heterocycles. The van der Waals surface area contributed by atoms with Crippen LogP contribution in [0.5, 0.6) is 0 Å². The Morgan fingerprint density at radius 1 is 1.00 bits per heavy atom. The number of carbonyl (C=O) groups is 1. The van der Waals surface area contributed by atoms with Gasteiger partial charge in [-0.25, -0.2) is 9.78 Å². The van der Waals surface area contributed by atoms with Crippen molar-refractivity contribution in [2.24, 2.45) is 0 Å². The molecule has 0 saturated carbocycles. The first-order chi connectivity index (χ1) is 12.6. The largest absolute Gasteiger partial charge is 0.450 e. The van der Waals surface area contributed by atoms with Gasteiger partial charge in [-0.15, -0.1) is 0 Å². The SMILES string of the molecule is CCOC(=O)N1CCN(c2nc(C)cc(N3CCN(CC)CC3)n2)CC1. The van der Waals surface area contributed by atoms with Gasteiger partial charge in [0.25, 0.3) is 0 Å². The highest BCUT2D eigenvalue weighted by Gasteiger charge is 2.25. The summed E-state index contributed by atoms with van der Waals surface area (Å²) >= 11 is 0. The molecule has 0 spiro atoms. The van der Waals surface area contributed by atoms with Crippen LogP contribution in [0.2, 0.25) is 0 Å². The van der Waals surface area contributed by atoms with Crippen molar-refractivity contribution >= 4 is 17.9 Å². The van der Waals surface area contributed by atoms with Crippen LogP contribution in [0.1, 0.15) is 19.5 Å². The number of hydrogen-bond donors (Lipinski definition) is 0. The lowest BCUT2D eigenvalue weighted by Gasteiger charge is -2.36. The molecular formula is C18H30N6O2. The molecule has 8 nitrogen and oxygen atoms in total. The first-order valence-corrected chi connectivity index (χ1v) is 9.60. The third kappa shape index (κ3) is 4.35. The highest BCUT2D eigenvalue weighted by atomic mass is 16.6. The molecule has 0 atom stereocenters. The second-order valence-electron chi connectivity index (χ2n) is 6.76. The number of ether oxygens (including phenoxy) is 1. The number of aromatic nitrogens is 2. The zero-order valence-corrected chi connectivity index (χ0v) is 16.1. The summed E-state index contributed by atoms with van der Waals surface area (Å²) in [5, 5.41) is 0. The normalized spacial score (nSPS) is 19.0. The van der Waals surface area contributed by atoms with Crippen molar-refractivity contribution in [2.45, 2.75) is 20.8 Å². The molecule has 0 bridgehead atoms. The number of anilines is 2. The minimum Gasteiger partial charge on any atom is -0.450 e. The molecule has 0 aromatic carbocycles. The zero-order valence-electron chi connectivity index (χ0n) is 16.1. The maximum absolute atomic E-state index is 11.9. The van der Waals surface area contributed by atoms with E-state index in [4.69, 9.17) is 9.72 Å². The van der Waals surface area contributed by atoms with Gasteiger partial charge in [-0.1, -0.05) is 6.92 Å². The molecule has 1 aromatic rings. The molecular weight excluding hydrogens is 332 g/mol. The van der Waals surface area contributed by atoms with Gasteiger partial charge in [0.1, 0.15) is 5.82 Å². The minimum absolute atomic E-state index is 0.230. The molecule has 2 aliphatic heterocycles. The number of likely N-dealkylation sites (N-methyl/N-ethyl adjacent to an activating group) is 1. The number of hydrogen-bond acceptors (Lipinski definition) is 7. The van der Waals surface area contributed by atoms with Gasteiger partial charge in [-0.05, 0) is 20.4 Å². The van der Waals surface area contributed by atoms with Crippen LogP contribution < -0.4 is 9.80 Å². The first kappa shape index (κ1) is 18.7. The molecule has 2 aliphatic rings. The fourth-order valence-corrected chi connectivity index (χ4v) is 3.44. The summed E-state index contributed by atoms with van der Waals surface area (Å²) in [4.78, 5) is 30.0. The van der Waals surface area contributed by atoms with E-state index in [9.17, 15) is 4.79 Å². The fraction of sp³-hybridized carbons (Fsp3) is 0.722. The van der Waals surface area contributed by atoms with E-state index in [1.54, 1.807) is 4.90 Å². The lowest BCUT2D eigenvalue weighted by molar-refractivity contribution is 0.105. The van der Waals surface area contributed by atoms with Crippen molar-refractivity contribution in [2.75, 3.05) is 75.3 Å². The molecule has 144 valence electrons. The molecule has 2 fully saturated rings. The van der Waals surface area contributed by atoms with Gasteiger partial charge in [0.15, 0.2) is 0 Å². The van der Waals surface area contributed by atoms with E-state index < -0.39 is 0 Å². The van der Waals surface area contributed by atoms with E-state index >= 15 is 0 Å². The van der Waals surface area contributed by atoms with Crippen molar-refractivity contribution < 1.29 is 9.53 Å².